The monoisotopic (exact) mass is 262 g/mol. The van der Waals surface area contributed by atoms with Crippen molar-refractivity contribution in [2.75, 3.05) is 0 Å². The summed E-state index contributed by atoms with van der Waals surface area (Å²) in [7, 11) is 0. The first kappa shape index (κ1) is 13.0. The number of aromatic amines is 1. The average Bonchev–Trinajstić information content (AvgIpc) is 2.81. The van der Waals surface area contributed by atoms with E-state index in [0.717, 1.165) is 24.2 Å². The lowest BCUT2D eigenvalue weighted by molar-refractivity contribution is 0.293. The first-order chi connectivity index (χ1) is 8.62. The fourth-order valence-electron chi connectivity index (χ4n) is 2.06. The van der Waals surface area contributed by atoms with Crippen molar-refractivity contribution in [3.8, 4) is 11.4 Å². The summed E-state index contributed by atoms with van der Waals surface area (Å²) >= 11 is 5.38. The summed E-state index contributed by atoms with van der Waals surface area (Å²) in [6, 6.07) is 3.90. The topological polar surface area (TPSA) is 46.5 Å². The van der Waals surface area contributed by atoms with Crippen molar-refractivity contribution in [1.29, 1.82) is 0 Å². The predicted octanol–water partition coefficient (Wildman–Crippen LogP) is 3.54. The van der Waals surface area contributed by atoms with Crippen LogP contribution in [0.3, 0.4) is 0 Å². The van der Waals surface area contributed by atoms with Crippen molar-refractivity contribution in [2.45, 2.75) is 39.2 Å². The number of hydrogen-bond donors (Lipinski definition) is 1. The lowest BCUT2D eigenvalue weighted by atomic mass is 9.95. The average molecular weight is 262 g/mol. The van der Waals surface area contributed by atoms with Gasteiger partial charge in [-0.25, -0.2) is 0 Å². The van der Waals surface area contributed by atoms with E-state index < -0.39 is 0 Å². The first-order valence-electron chi connectivity index (χ1n) is 6.20. The molecule has 18 heavy (non-hydrogen) atoms. The second-order valence-corrected chi connectivity index (χ2v) is 5.01. The molecule has 0 fully saturated rings. The van der Waals surface area contributed by atoms with E-state index in [1.54, 1.807) is 12.4 Å². The van der Waals surface area contributed by atoms with E-state index in [2.05, 4.69) is 40.5 Å². The maximum absolute atomic E-state index is 5.38. The second-order valence-electron chi connectivity index (χ2n) is 4.63. The van der Waals surface area contributed by atoms with Crippen molar-refractivity contribution >= 4 is 12.2 Å². The minimum absolute atomic E-state index is 0.0112. The molecule has 1 N–H and O–H groups in total. The Morgan fingerprint density at radius 3 is 2.44 bits per heavy atom. The van der Waals surface area contributed by atoms with E-state index in [4.69, 9.17) is 12.2 Å². The maximum Gasteiger partial charge on any atom is 0.195 e. The van der Waals surface area contributed by atoms with E-state index >= 15 is 0 Å². The van der Waals surface area contributed by atoms with Gasteiger partial charge in [-0.05, 0) is 44.1 Å². The Balaban J connectivity index is 2.62. The van der Waals surface area contributed by atoms with Gasteiger partial charge in [0.15, 0.2) is 10.6 Å². The number of H-pyrrole nitrogens is 1. The molecule has 2 rings (SSSR count). The molecule has 2 aromatic rings. The highest BCUT2D eigenvalue weighted by Crippen LogP contribution is 2.30. The lowest BCUT2D eigenvalue weighted by Crippen LogP contribution is -2.29. The predicted molar refractivity (Wildman–Crippen MR) is 74.9 cm³/mol. The zero-order chi connectivity index (χ0) is 13.2. The Labute approximate surface area is 112 Å². The van der Waals surface area contributed by atoms with Gasteiger partial charge in [-0.3, -0.25) is 14.6 Å². The Kier molecular flexibility index (Phi) is 3.61. The molecule has 0 atom stereocenters. The molecule has 2 heterocycles. The molecule has 0 amide bonds. The van der Waals surface area contributed by atoms with Gasteiger partial charge in [0.25, 0.3) is 0 Å². The van der Waals surface area contributed by atoms with Gasteiger partial charge < -0.3 is 0 Å². The highest BCUT2D eigenvalue weighted by molar-refractivity contribution is 7.71. The van der Waals surface area contributed by atoms with Gasteiger partial charge in [-0.15, -0.1) is 0 Å². The summed E-state index contributed by atoms with van der Waals surface area (Å²) in [5.41, 5.74) is 1.02. The maximum atomic E-state index is 5.38. The summed E-state index contributed by atoms with van der Waals surface area (Å²) in [6.07, 6.45) is 5.56. The third-order valence-corrected chi connectivity index (χ3v) is 3.95. The van der Waals surface area contributed by atoms with Crippen molar-refractivity contribution in [3.63, 3.8) is 0 Å². The Hall–Kier alpha value is -1.49. The van der Waals surface area contributed by atoms with Crippen LogP contribution in [-0.4, -0.2) is 19.7 Å². The fourth-order valence-corrected chi connectivity index (χ4v) is 2.41. The molecule has 0 aliphatic heterocycles. The molecule has 96 valence electrons. The number of nitrogens with zero attached hydrogens (tertiary/aromatic N) is 3. The molecule has 0 saturated carbocycles. The van der Waals surface area contributed by atoms with Gasteiger partial charge in [-0.1, -0.05) is 13.8 Å². The third kappa shape index (κ3) is 2.10. The molecule has 0 radical (unpaired) electrons. The van der Waals surface area contributed by atoms with Crippen molar-refractivity contribution in [1.82, 2.24) is 19.7 Å². The molecular formula is C13H18N4S. The van der Waals surface area contributed by atoms with Crippen molar-refractivity contribution in [3.05, 3.63) is 29.3 Å². The van der Waals surface area contributed by atoms with E-state index in [0.29, 0.717) is 4.77 Å². The van der Waals surface area contributed by atoms with Crippen LogP contribution in [0.1, 0.15) is 33.6 Å². The first-order valence-corrected chi connectivity index (χ1v) is 6.61. The minimum atomic E-state index is -0.0112. The van der Waals surface area contributed by atoms with Crippen LogP contribution < -0.4 is 0 Å². The molecule has 4 nitrogen and oxygen atoms in total. The number of rotatable bonds is 4. The van der Waals surface area contributed by atoms with Crippen LogP contribution in [0.4, 0.5) is 0 Å². The number of hydrogen-bond acceptors (Lipinski definition) is 3. The molecule has 0 saturated heterocycles. The smallest absolute Gasteiger partial charge is 0.195 e. The van der Waals surface area contributed by atoms with Gasteiger partial charge in [-0.2, -0.15) is 5.10 Å². The molecule has 0 aliphatic carbocycles. The summed E-state index contributed by atoms with van der Waals surface area (Å²) in [6.45, 7) is 6.56. The van der Waals surface area contributed by atoms with Gasteiger partial charge in [0.2, 0.25) is 0 Å². The van der Waals surface area contributed by atoms with E-state index in [9.17, 15) is 0 Å². The molecular weight excluding hydrogens is 244 g/mol. The second kappa shape index (κ2) is 5.02. The summed E-state index contributed by atoms with van der Waals surface area (Å²) in [5, 5.41) is 7.27. The number of nitrogens with one attached hydrogen (secondary N) is 1. The Morgan fingerprint density at radius 1 is 1.28 bits per heavy atom. The van der Waals surface area contributed by atoms with Gasteiger partial charge in [0.1, 0.15) is 0 Å². The van der Waals surface area contributed by atoms with E-state index in [1.807, 2.05) is 12.1 Å². The van der Waals surface area contributed by atoms with Gasteiger partial charge in [0, 0.05) is 23.5 Å². The molecule has 0 unspecified atom stereocenters. The Bertz CT molecular complexity index is 566. The zero-order valence-corrected chi connectivity index (χ0v) is 11.8. The SMILES string of the molecule is CCC(C)(CC)n1c(-c2ccncc2)n[nH]c1=S. The largest absolute Gasteiger partial charge is 0.294 e. The van der Waals surface area contributed by atoms with Crippen LogP contribution in [0.25, 0.3) is 11.4 Å². The zero-order valence-electron chi connectivity index (χ0n) is 11.0. The van der Waals surface area contributed by atoms with Gasteiger partial charge in [0.05, 0.1) is 0 Å². The van der Waals surface area contributed by atoms with Crippen LogP contribution >= 0.6 is 12.2 Å². The highest BCUT2D eigenvalue weighted by atomic mass is 32.1. The van der Waals surface area contributed by atoms with Crippen LogP contribution in [-0.2, 0) is 5.54 Å². The summed E-state index contributed by atoms with van der Waals surface area (Å²) in [4.78, 5) is 4.04. The highest BCUT2D eigenvalue weighted by Gasteiger charge is 2.26. The standard InChI is InChI=1S/C13H18N4S/c1-4-13(3,5-2)17-11(15-16-12(17)18)10-6-8-14-9-7-10/h6-9H,4-5H2,1-3H3,(H,16,18). The normalized spacial score (nSPS) is 11.7. The van der Waals surface area contributed by atoms with Crippen molar-refractivity contribution < 1.29 is 0 Å². The van der Waals surface area contributed by atoms with Crippen molar-refractivity contribution in [2.24, 2.45) is 0 Å². The van der Waals surface area contributed by atoms with Crippen LogP contribution in [0, 0.1) is 4.77 Å². The summed E-state index contributed by atoms with van der Waals surface area (Å²) < 4.78 is 2.80. The molecule has 0 bridgehead atoms. The third-order valence-electron chi connectivity index (χ3n) is 3.67. The van der Waals surface area contributed by atoms with E-state index in [-0.39, 0.29) is 5.54 Å². The molecule has 0 spiro atoms. The molecule has 0 aromatic carbocycles. The Morgan fingerprint density at radius 2 is 1.89 bits per heavy atom. The number of aromatic nitrogens is 4. The summed E-state index contributed by atoms with van der Waals surface area (Å²) in [5.74, 6) is 0.883. The molecule has 0 aliphatic rings. The van der Waals surface area contributed by atoms with Crippen LogP contribution in [0.5, 0.6) is 0 Å². The van der Waals surface area contributed by atoms with E-state index in [1.165, 1.54) is 0 Å². The van der Waals surface area contributed by atoms with Crippen LogP contribution in [0.15, 0.2) is 24.5 Å². The minimum Gasteiger partial charge on any atom is -0.294 e. The molecule has 5 heteroatoms. The lowest BCUT2D eigenvalue weighted by Gasteiger charge is -2.29. The fraction of sp³-hybridized carbons (Fsp3) is 0.462. The quantitative estimate of drug-likeness (QED) is 0.857. The van der Waals surface area contributed by atoms with Crippen LogP contribution in [0.2, 0.25) is 0 Å². The molecule has 2 aromatic heterocycles. The number of pyridine rings is 1. The van der Waals surface area contributed by atoms with Gasteiger partial charge >= 0.3 is 0 Å².